The van der Waals surface area contributed by atoms with Gasteiger partial charge in [0, 0.05) is 5.69 Å². The molecule has 1 amide bonds. The summed E-state index contributed by atoms with van der Waals surface area (Å²) in [7, 11) is 0. The van der Waals surface area contributed by atoms with E-state index in [0.717, 1.165) is 36.1 Å². The molecule has 2 atom stereocenters. The van der Waals surface area contributed by atoms with Gasteiger partial charge in [-0.05, 0) is 30.5 Å². The summed E-state index contributed by atoms with van der Waals surface area (Å²) in [6.07, 6.45) is 2.47. The van der Waals surface area contributed by atoms with E-state index in [0.29, 0.717) is 0 Å². The zero-order valence-electron chi connectivity index (χ0n) is 10.4. The van der Waals surface area contributed by atoms with Crippen LogP contribution in [0.2, 0.25) is 0 Å². The third kappa shape index (κ3) is 2.34. The molecule has 0 aliphatic carbocycles. The van der Waals surface area contributed by atoms with Crippen molar-refractivity contribution in [2.75, 3.05) is 5.32 Å². The fraction of sp³-hybridized carbons (Fsp3) is 0.500. The minimum absolute atomic E-state index is 0.0418. The molecule has 1 aliphatic rings. The van der Waals surface area contributed by atoms with Crippen LogP contribution in [0, 0.1) is 0 Å². The van der Waals surface area contributed by atoms with E-state index in [1.54, 1.807) is 0 Å². The van der Waals surface area contributed by atoms with Crippen LogP contribution in [0.4, 0.5) is 5.69 Å². The van der Waals surface area contributed by atoms with E-state index in [4.69, 9.17) is 0 Å². The molecule has 0 bridgehead atoms. The SMILES string of the molecule is CCCCC(O)c1ccc2c(c1)C(C)C(=O)N2. The van der Waals surface area contributed by atoms with Gasteiger partial charge in [0.15, 0.2) is 0 Å². The maximum atomic E-state index is 11.5. The lowest BCUT2D eigenvalue weighted by Gasteiger charge is -2.12. The highest BCUT2D eigenvalue weighted by Gasteiger charge is 2.27. The van der Waals surface area contributed by atoms with Crippen molar-refractivity contribution in [1.82, 2.24) is 0 Å². The Balaban J connectivity index is 2.20. The predicted octanol–water partition coefficient (Wildman–Crippen LogP) is 2.97. The molecule has 2 unspecified atom stereocenters. The Labute approximate surface area is 102 Å². The molecule has 2 N–H and O–H groups in total. The summed E-state index contributed by atoms with van der Waals surface area (Å²) in [5, 5.41) is 12.9. The molecule has 17 heavy (non-hydrogen) atoms. The number of nitrogens with one attached hydrogen (secondary N) is 1. The molecular formula is C14H19NO2. The number of carbonyl (C=O) groups is 1. The molecule has 1 aromatic carbocycles. The maximum absolute atomic E-state index is 11.5. The van der Waals surface area contributed by atoms with Gasteiger partial charge in [-0.2, -0.15) is 0 Å². The van der Waals surface area contributed by atoms with E-state index in [1.165, 1.54) is 0 Å². The van der Waals surface area contributed by atoms with Crippen LogP contribution in [-0.2, 0) is 4.79 Å². The monoisotopic (exact) mass is 233 g/mol. The Bertz CT molecular complexity index is 428. The number of hydrogen-bond acceptors (Lipinski definition) is 2. The number of hydrogen-bond donors (Lipinski definition) is 2. The van der Waals surface area contributed by atoms with Crippen molar-refractivity contribution in [1.29, 1.82) is 0 Å². The largest absolute Gasteiger partial charge is 0.388 e. The van der Waals surface area contributed by atoms with Gasteiger partial charge in [0.1, 0.15) is 0 Å². The van der Waals surface area contributed by atoms with Crippen LogP contribution in [0.15, 0.2) is 18.2 Å². The van der Waals surface area contributed by atoms with Crippen molar-refractivity contribution in [2.24, 2.45) is 0 Å². The van der Waals surface area contributed by atoms with Crippen LogP contribution in [-0.4, -0.2) is 11.0 Å². The smallest absolute Gasteiger partial charge is 0.231 e. The van der Waals surface area contributed by atoms with Gasteiger partial charge >= 0.3 is 0 Å². The summed E-state index contributed by atoms with van der Waals surface area (Å²) in [6, 6.07) is 5.75. The zero-order chi connectivity index (χ0) is 12.4. The van der Waals surface area contributed by atoms with Crippen LogP contribution in [0.1, 0.15) is 56.3 Å². The van der Waals surface area contributed by atoms with E-state index < -0.39 is 6.10 Å². The van der Waals surface area contributed by atoms with Gasteiger partial charge in [-0.15, -0.1) is 0 Å². The molecule has 0 saturated heterocycles. The average molecular weight is 233 g/mol. The second-order valence-corrected chi connectivity index (χ2v) is 4.72. The summed E-state index contributed by atoms with van der Waals surface area (Å²) in [5.74, 6) is -0.0662. The number of unbranched alkanes of at least 4 members (excludes halogenated alkanes) is 1. The summed E-state index contributed by atoms with van der Waals surface area (Å²) < 4.78 is 0. The van der Waals surface area contributed by atoms with Gasteiger partial charge in [0.25, 0.3) is 0 Å². The lowest BCUT2D eigenvalue weighted by molar-refractivity contribution is -0.116. The Morgan fingerprint density at radius 3 is 2.94 bits per heavy atom. The number of benzene rings is 1. The highest BCUT2D eigenvalue weighted by atomic mass is 16.3. The summed E-state index contributed by atoms with van der Waals surface area (Å²) >= 11 is 0. The van der Waals surface area contributed by atoms with E-state index >= 15 is 0 Å². The molecule has 1 aromatic rings. The molecule has 3 heteroatoms. The number of aliphatic hydroxyl groups is 1. The fourth-order valence-corrected chi connectivity index (χ4v) is 2.21. The lowest BCUT2D eigenvalue weighted by Crippen LogP contribution is -2.08. The van der Waals surface area contributed by atoms with E-state index in [9.17, 15) is 9.90 Å². The third-order valence-corrected chi connectivity index (χ3v) is 3.41. The van der Waals surface area contributed by atoms with Crippen LogP contribution in [0.3, 0.4) is 0 Å². The minimum Gasteiger partial charge on any atom is -0.388 e. The van der Waals surface area contributed by atoms with Crippen LogP contribution >= 0.6 is 0 Å². The van der Waals surface area contributed by atoms with Crippen molar-refractivity contribution in [3.05, 3.63) is 29.3 Å². The molecule has 92 valence electrons. The first-order valence-electron chi connectivity index (χ1n) is 6.26. The highest BCUT2D eigenvalue weighted by molar-refractivity contribution is 6.02. The molecule has 0 aromatic heterocycles. The second-order valence-electron chi connectivity index (χ2n) is 4.72. The molecule has 0 saturated carbocycles. The van der Waals surface area contributed by atoms with Gasteiger partial charge in [-0.3, -0.25) is 4.79 Å². The zero-order valence-corrected chi connectivity index (χ0v) is 10.4. The molecule has 0 spiro atoms. The molecule has 1 heterocycles. The van der Waals surface area contributed by atoms with Crippen LogP contribution < -0.4 is 5.32 Å². The molecule has 3 nitrogen and oxygen atoms in total. The van der Waals surface area contributed by atoms with Crippen molar-refractivity contribution in [3.8, 4) is 0 Å². The normalized spacial score (nSPS) is 19.9. The van der Waals surface area contributed by atoms with E-state index in [1.807, 2.05) is 25.1 Å². The van der Waals surface area contributed by atoms with Gasteiger partial charge in [0.05, 0.1) is 12.0 Å². The van der Waals surface area contributed by atoms with Crippen molar-refractivity contribution in [3.63, 3.8) is 0 Å². The number of carbonyl (C=O) groups excluding carboxylic acids is 1. The maximum Gasteiger partial charge on any atom is 0.231 e. The standard InChI is InChI=1S/C14H19NO2/c1-3-4-5-13(16)10-6-7-12-11(8-10)9(2)14(17)15-12/h6-9,13,16H,3-5H2,1-2H3,(H,15,17). The Hall–Kier alpha value is -1.35. The first-order valence-corrected chi connectivity index (χ1v) is 6.26. The number of aliphatic hydroxyl groups excluding tert-OH is 1. The molecule has 1 aliphatic heterocycles. The van der Waals surface area contributed by atoms with Crippen LogP contribution in [0.5, 0.6) is 0 Å². The highest BCUT2D eigenvalue weighted by Crippen LogP contribution is 2.34. The van der Waals surface area contributed by atoms with Crippen LogP contribution in [0.25, 0.3) is 0 Å². The van der Waals surface area contributed by atoms with Gasteiger partial charge in [0.2, 0.25) is 5.91 Å². The number of anilines is 1. The second kappa shape index (κ2) is 4.88. The Morgan fingerprint density at radius 2 is 2.24 bits per heavy atom. The summed E-state index contributed by atoms with van der Waals surface area (Å²) in [4.78, 5) is 11.5. The molecule has 0 radical (unpaired) electrons. The quantitative estimate of drug-likeness (QED) is 0.840. The number of rotatable bonds is 4. The predicted molar refractivity (Wildman–Crippen MR) is 68.0 cm³/mol. The number of amides is 1. The van der Waals surface area contributed by atoms with E-state index in [-0.39, 0.29) is 11.8 Å². The van der Waals surface area contributed by atoms with Gasteiger partial charge in [-0.1, -0.05) is 31.9 Å². The average Bonchev–Trinajstić information content (AvgIpc) is 2.62. The van der Waals surface area contributed by atoms with Crippen molar-refractivity contribution >= 4 is 11.6 Å². The molecular weight excluding hydrogens is 214 g/mol. The summed E-state index contributed by atoms with van der Waals surface area (Å²) in [5.41, 5.74) is 2.80. The van der Waals surface area contributed by atoms with Gasteiger partial charge in [-0.25, -0.2) is 0 Å². The molecule has 0 fully saturated rings. The van der Waals surface area contributed by atoms with Crippen molar-refractivity contribution in [2.45, 2.75) is 45.1 Å². The first kappa shape index (κ1) is 12.1. The van der Waals surface area contributed by atoms with Crippen molar-refractivity contribution < 1.29 is 9.90 Å². The van der Waals surface area contributed by atoms with E-state index in [2.05, 4.69) is 12.2 Å². The Morgan fingerprint density at radius 1 is 1.47 bits per heavy atom. The summed E-state index contributed by atoms with van der Waals surface area (Å²) in [6.45, 7) is 4.00. The first-order chi connectivity index (χ1) is 8.13. The number of fused-ring (bicyclic) bond motifs is 1. The lowest BCUT2D eigenvalue weighted by atomic mass is 9.96. The third-order valence-electron chi connectivity index (χ3n) is 3.41. The topological polar surface area (TPSA) is 49.3 Å². The van der Waals surface area contributed by atoms with Gasteiger partial charge < -0.3 is 10.4 Å². The minimum atomic E-state index is -0.414. The Kier molecular flexibility index (Phi) is 3.48. The molecule has 2 rings (SSSR count). The fourth-order valence-electron chi connectivity index (χ4n) is 2.21.